The van der Waals surface area contributed by atoms with E-state index in [1.807, 2.05) is 6.20 Å². The van der Waals surface area contributed by atoms with Crippen molar-refractivity contribution < 1.29 is 0 Å². The van der Waals surface area contributed by atoms with Crippen LogP contribution in [0.15, 0.2) is 18.3 Å². The van der Waals surface area contributed by atoms with Crippen molar-refractivity contribution in [1.29, 1.82) is 0 Å². The summed E-state index contributed by atoms with van der Waals surface area (Å²) < 4.78 is 0. The summed E-state index contributed by atoms with van der Waals surface area (Å²) in [6, 6.07) is 4.66. The molecule has 2 aliphatic rings. The Balaban J connectivity index is 1.92. The van der Waals surface area contributed by atoms with Gasteiger partial charge in [-0.15, -0.1) is 0 Å². The molecule has 3 nitrogen and oxygen atoms in total. The number of hydrogen-bond donors (Lipinski definition) is 2. The normalized spacial score (nSPS) is 26.9. The second-order valence-electron chi connectivity index (χ2n) is 6.55. The average molecular weight is 259 g/mol. The van der Waals surface area contributed by atoms with Gasteiger partial charge in [-0.25, -0.2) is 0 Å². The topological polar surface area (TPSA) is 50.9 Å². The van der Waals surface area contributed by atoms with Gasteiger partial charge in [0.1, 0.15) is 0 Å². The lowest BCUT2D eigenvalue weighted by Gasteiger charge is -2.41. The lowest BCUT2D eigenvalue weighted by atomic mass is 9.70. The average Bonchev–Trinajstić information content (AvgIpc) is 2.87. The highest BCUT2D eigenvalue weighted by molar-refractivity contribution is 5.28. The van der Waals surface area contributed by atoms with Gasteiger partial charge in [0.05, 0.1) is 0 Å². The zero-order chi connectivity index (χ0) is 13.3. The molecule has 0 bridgehead atoms. The number of nitrogens with two attached hydrogens (primary N) is 1. The highest BCUT2D eigenvalue weighted by Crippen LogP contribution is 2.47. The first kappa shape index (κ1) is 13.1. The lowest BCUT2D eigenvalue weighted by Crippen LogP contribution is -2.50. The first-order valence-electron chi connectivity index (χ1n) is 7.64. The van der Waals surface area contributed by atoms with Crippen LogP contribution >= 0.6 is 0 Å². The van der Waals surface area contributed by atoms with E-state index in [2.05, 4.69) is 29.5 Å². The molecule has 2 aliphatic carbocycles. The molecule has 0 aliphatic heterocycles. The van der Waals surface area contributed by atoms with Gasteiger partial charge in [0.2, 0.25) is 0 Å². The number of pyridine rings is 1. The minimum Gasteiger partial charge on any atom is -0.271 e. The summed E-state index contributed by atoms with van der Waals surface area (Å²) in [5, 5.41) is 0. The molecule has 3 N–H and O–H groups in total. The van der Waals surface area contributed by atoms with Gasteiger partial charge in [-0.05, 0) is 49.1 Å². The summed E-state index contributed by atoms with van der Waals surface area (Å²) in [5.41, 5.74) is 6.22. The van der Waals surface area contributed by atoms with Crippen molar-refractivity contribution in [3.63, 3.8) is 0 Å². The van der Waals surface area contributed by atoms with Gasteiger partial charge in [0.25, 0.3) is 0 Å². The molecule has 1 heterocycles. The molecule has 0 amide bonds. The molecule has 2 unspecified atom stereocenters. The molecule has 0 spiro atoms. The standard InChI is InChI=1S/C16H25N3/c1-16(9-2-3-10-16)15(19-17)13-8-4-6-12-7-5-11-18-14(12)13/h5,7,11,13,15,19H,2-4,6,8-10,17H2,1H3. The summed E-state index contributed by atoms with van der Waals surface area (Å²) in [6.45, 7) is 2.40. The van der Waals surface area contributed by atoms with E-state index >= 15 is 0 Å². The fourth-order valence-electron chi connectivity index (χ4n) is 4.27. The number of aromatic nitrogens is 1. The predicted octanol–water partition coefficient (Wildman–Crippen LogP) is 2.91. The predicted molar refractivity (Wildman–Crippen MR) is 77.6 cm³/mol. The Kier molecular flexibility index (Phi) is 3.59. The van der Waals surface area contributed by atoms with Gasteiger partial charge < -0.3 is 0 Å². The van der Waals surface area contributed by atoms with Crippen molar-refractivity contribution in [3.8, 4) is 0 Å². The van der Waals surface area contributed by atoms with E-state index in [0.29, 0.717) is 17.4 Å². The molecule has 0 saturated heterocycles. The van der Waals surface area contributed by atoms with Crippen molar-refractivity contribution in [2.24, 2.45) is 11.3 Å². The highest BCUT2D eigenvalue weighted by atomic mass is 15.2. The zero-order valence-electron chi connectivity index (χ0n) is 11.9. The molecule has 104 valence electrons. The third-order valence-corrected chi connectivity index (χ3v) is 5.32. The van der Waals surface area contributed by atoms with Crippen LogP contribution < -0.4 is 11.3 Å². The second kappa shape index (κ2) is 5.22. The molecule has 1 saturated carbocycles. The summed E-state index contributed by atoms with van der Waals surface area (Å²) in [4.78, 5) is 4.68. The summed E-state index contributed by atoms with van der Waals surface area (Å²) >= 11 is 0. The van der Waals surface area contributed by atoms with Crippen LogP contribution in [0.1, 0.15) is 62.6 Å². The van der Waals surface area contributed by atoms with E-state index < -0.39 is 0 Å². The molecule has 1 aromatic rings. The molecule has 3 heteroatoms. The van der Waals surface area contributed by atoms with E-state index in [1.54, 1.807) is 0 Å². The molecule has 0 radical (unpaired) electrons. The minimum atomic E-state index is 0.339. The molecule has 2 atom stereocenters. The second-order valence-corrected chi connectivity index (χ2v) is 6.55. The van der Waals surface area contributed by atoms with Crippen molar-refractivity contribution in [1.82, 2.24) is 10.4 Å². The third-order valence-electron chi connectivity index (χ3n) is 5.32. The number of hydrazine groups is 1. The molecule has 3 rings (SSSR count). The van der Waals surface area contributed by atoms with Crippen LogP contribution in [0.3, 0.4) is 0 Å². The van der Waals surface area contributed by atoms with Crippen LogP contribution in [-0.4, -0.2) is 11.0 Å². The molecular weight excluding hydrogens is 234 g/mol. The zero-order valence-corrected chi connectivity index (χ0v) is 11.9. The van der Waals surface area contributed by atoms with Gasteiger partial charge in [-0.1, -0.05) is 25.8 Å². The SMILES string of the molecule is CC1(C(NN)C2CCCc3cccnc32)CCCC1. The highest BCUT2D eigenvalue weighted by Gasteiger charge is 2.42. The van der Waals surface area contributed by atoms with Gasteiger partial charge in [-0.2, -0.15) is 0 Å². The molecule has 19 heavy (non-hydrogen) atoms. The number of hydrogen-bond acceptors (Lipinski definition) is 3. The van der Waals surface area contributed by atoms with E-state index in [4.69, 9.17) is 5.84 Å². The van der Waals surface area contributed by atoms with Crippen LogP contribution in [0, 0.1) is 5.41 Å². The Labute approximate surface area is 116 Å². The van der Waals surface area contributed by atoms with Crippen molar-refractivity contribution in [2.75, 3.05) is 0 Å². The maximum absolute atomic E-state index is 5.95. The number of fused-ring (bicyclic) bond motifs is 1. The molecular formula is C16H25N3. The first-order chi connectivity index (χ1) is 9.24. The quantitative estimate of drug-likeness (QED) is 0.648. The Hall–Kier alpha value is -0.930. The van der Waals surface area contributed by atoms with Crippen LogP contribution in [0.2, 0.25) is 0 Å². The van der Waals surface area contributed by atoms with E-state index in [0.717, 1.165) is 0 Å². The largest absolute Gasteiger partial charge is 0.271 e. The third kappa shape index (κ3) is 2.30. The van der Waals surface area contributed by atoms with E-state index in [9.17, 15) is 0 Å². The summed E-state index contributed by atoms with van der Waals surface area (Å²) in [7, 11) is 0. The van der Waals surface area contributed by atoms with Crippen LogP contribution in [0.4, 0.5) is 0 Å². The number of rotatable bonds is 3. The summed E-state index contributed by atoms with van der Waals surface area (Å²) in [6.07, 6.45) is 10.9. The number of aryl methyl sites for hydroxylation is 1. The first-order valence-corrected chi connectivity index (χ1v) is 7.64. The number of nitrogens with zero attached hydrogens (tertiary/aromatic N) is 1. The van der Waals surface area contributed by atoms with Crippen molar-refractivity contribution >= 4 is 0 Å². The monoisotopic (exact) mass is 259 g/mol. The Morgan fingerprint density at radius 2 is 2.16 bits per heavy atom. The molecule has 1 fully saturated rings. The number of nitrogens with one attached hydrogen (secondary N) is 1. The Morgan fingerprint density at radius 1 is 1.37 bits per heavy atom. The van der Waals surface area contributed by atoms with Crippen LogP contribution in [0.25, 0.3) is 0 Å². The van der Waals surface area contributed by atoms with Gasteiger partial charge in [-0.3, -0.25) is 16.3 Å². The van der Waals surface area contributed by atoms with E-state index in [-0.39, 0.29) is 0 Å². The lowest BCUT2D eigenvalue weighted by molar-refractivity contribution is 0.180. The molecule has 1 aromatic heterocycles. The van der Waals surface area contributed by atoms with Crippen LogP contribution in [0.5, 0.6) is 0 Å². The van der Waals surface area contributed by atoms with Crippen molar-refractivity contribution in [3.05, 3.63) is 29.6 Å². The minimum absolute atomic E-state index is 0.339. The van der Waals surface area contributed by atoms with Crippen LogP contribution in [-0.2, 0) is 6.42 Å². The maximum Gasteiger partial charge on any atom is 0.0482 e. The smallest absolute Gasteiger partial charge is 0.0482 e. The van der Waals surface area contributed by atoms with Gasteiger partial charge in [0, 0.05) is 23.9 Å². The Bertz CT molecular complexity index is 437. The molecule has 0 aromatic carbocycles. The fraction of sp³-hybridized carbons (Fsp3) is 0.688. The Morgan fingerprint density at radius 3 is 2.89 bits per heavy atom. The van der Waals surface area contributed by atoms with Gasteiger partial charge in [0.15, 0.2) is 0 Å². The van der Waals surface area contributed by atoms with Crippen molar-refractivity contribution in [2.45, 2.75) is 63.8 Å². The summed E-state index contributed by atoms with van der Waals surface area (Å²) in [5.74, 6) is 6.43. The van der Waals surface area contributed by atoms with Gasteiger partial charge >= 0.3 is 0 Å². The maximum atomic E-state index is 5.95. The van der Waals surface area contributed by atoms with E-state index in [1.165, 1.54) is 56.2 Å². The fourth-order valence-corrected chi connectivity index (χ4v) is 4.27.